The molecule has 0 fully saturated rings. The van der Waals surface area contributed by atoms with E-state index in [1.807, 2.05) is 0 Å². The third-order valence-electron chi connectivity index (χ3n) is 18.5. The van der Waals surface area contributed by atoms with E-state index < -0.39 is 0 Å². The minimum absolute atomic E-state index is 1.06. The van der Waals surface area contributed by atoms with E-state index in [1.54, 1.807) is 0 Å². The second kappa shape index (κ2) is 24.0. The summed E-state index contributed by atoms with van der Waals surface area (Å²) in [5.41, 5.74) is 24.8. The maximum atomic E-state index is 2.46. The van der Waals surface area contributed by atoms with Crippen LogP contribution in [0.4, 0.5) is 34.1 Å². The van der Waals surface area contributed by atoms with E-state index in [1.165, 1.54) is 66.1 Å². The van der Waals surface area contributed by atoms with Gasteiger partial charge in [-0.15, -0.1) is 0 Å². The summed E-state index contributed by atoms with van der Waals surface area (Å²) in [5, 5.41) is 7.08. The molecule has 4 heteroatoms. The van der Waals surface area contributed by atoms with Crippen molar-refractivity contribution in [2.75, 3.05) is 9.80 Å². The molecule has 2 heterocycles. The Kier molecular flexibility index (Phi) is 14.2. The normalized spacial score (nSPS) is 11.4. The van der Waals surface area contributed by atoms with Crippen molar-refractivity contribution in [3.63, 3.8) is 0 Å². The van der Waals surface area contributed by atoms with Crippen molar-refractivity contribution >= 4 is 77.5 Å². The molecule has 15 aromatic carbocycles. The molecular weight excluding hydrogens is 1140 g/mol. The molecule has 94 heavy (non-hydrogen) atoms. The van der Waals surface area contributed by atoms with Gasteiger partial charge in [0.15, 0.2) is 0 Å². The van der Waals surface area contributed by atoms with Crippen LogP contribution in [0, 0.1) is 0 Å². The summed E-state index contributed by atoms with van der Waals surface area (Å²) in [6, 6.07) is 137. The number of hydrogen-bond acceptors (Lipinski definition) is 2. The Balaban J connectivity index is 0.816. The SMILES string of the molecule is c1ccc(-c2ccc(-c3cc4cc5c(cc(-c6ccc(-c7ccccc7)cc6)n5-c5ccc(N(c6ccc(-c7ccccc7)cc6)c6ccc7ccccc7c6)cc5)cc4n3-c3ccc(N(c4ccc(-c5ccccc5)cc4)c4ccc5ccccc5c4)cc3)cc2)cc1. The summed E-state index contributed by atoms with van der Waals surface area (Å²) in [5.74, 6) is 0. The van der Waals surface area contributed by atoms with Crippen LogP contribution >= 0.6 is 0 Å². The molecule has 442 valence electrons. The number of rotatable bonds is 14. The zero-order valence-electron chi connectivity index (χ0n) is 51.6. The Morgan fingerprint density at radius 1 is 0.160 bits per heavy atom. The summed E-state index contributed by atoms with van der Waals surface area (Å²) >= 11 is 0. The van der Waals surface area contributed by atoms with E-state index in [-0.39, 0.29) is 0 Å². The Labute approximate surface area is 547 Å². The fraction of sp³-hybridized carbons (Fsp3) is 0. The lowest BCUT2D eigenvalue weighted by Gasteiger charge is -2.26. The van der Waals surface area contributed by atoms with Crippen LogP contribution in [-0.4, -0.2) is 9.13 Å². The van der Waals surface area contributed by atoms with Gasteiger partial charge >= 0.3 is 0 Å². The molecular formula is C90H62N4. The predicted octanol–water partition coefficient (Wildman–Crippen LogP) is 24.8. The highest BCUT2D eigenvalue weighted by Crippen LogP contribution is 2.44. The van der Waals surface area contributed by atoms with E-state index in [0.717, 1.165) is 89.8 Å². The molecule has 0 unspecified atom stereocenters. The molecule has 0 atom stereocenters. The lowest BCUT2D eigenvalue weighted by molar-refractivity contribution is 1.13. The number of anilines is 6. The van der Waals surface area contributed by atoms with Crippen molar-refractivity contribution in [3.8, 4) is 78.4 Å². The van der Waals surface area contributed by atoms with E-state index in [0.29, 0.717) is 0 Å². The van der Waals surface area contributed by atoms with Crippen LogP contribution in [0.5, 0.6) is 0 Å². The van der Waals surface area contributed by atoms with Crippen LogP contribution in [-0.2, 0) is 0 Å². The number of benzene rings is 15. The average molecular weight is 1200 g/mol. The van der Waals surface area contributed by atoms with Crippen LogP contribution in [0.25, 0.3) is 122 Å². The second-order valence-corrected chi connectivity index (χ2v) is 24.2. The van der Waals surface area contributed by atoms with Crippen molar-refractivity contribution in [1.29, 1.82) is 0 Å². The maximum absolute atomic E-state index is 2.46. The summed E-state index contributed by atoms with van der Waals surface area (Å²) < 4.78 is 4.92. The van der Waals surface area contributed by atoms with E-state index in [9.17, 15) is 0 Å². The second-order valence-electron chi connectivity index (χ2n) is 24.2. The molecule has 0 amide bonds. The third-order valence-corrected chi connectivity index (χ3v) is 18.5. The average Bonchev–Trinajstić information content (AvgIpc) is 1.58. The van der Waals surface area contributed by atoms with Gasteiger partial charge in [0, 0.05) is 56.3 Å². The first-order chi connectivity index (χ1) is 46.6. The molecule has 0 spiro atoms. The molecule has 0 radical (unpaired) electrons. The summed E-state index contributed by atoms with van der Waals surface area (Å²) in [4.78, 5) is 4.75. The standard InChI is InChI=1S/C90H62N4/c1-5-17-63(18-6-1)69-29-33-73(34-30-69)87-59-77-61-90-78(62-89(77)93(87)83-53-49-81(50-54-83)91(85-47-41-67-25-13-15-27-75(67)57-85)79-43-37-71(38-44-79)65-21-9-3-10-22-65)60-88(74-35-31-70(32-36-74)64-19-7-2-8-20-64)94(90)84-55-51-82(52-56-84)92(86-48-42-68-26-14-16-28-76(68)58-86)80-45-39-72(40-46-80)66-23-11-4-12-24-66/h1-62H. The van der Waals surface area contributed by atoms with Crippen LogP contribution in [0.1, 0.15) is 0 Å². The molecule has 0 aliphatic heterocycles. The highest BCUT2D eigenvalue weighted by molar-refractivity contribution is 6.03. The highest BCUT2D eigenvalue weighted by atomic mass is 15.1. The van der Waals surface area contributed by atoms with Crippen LogP contribution in [0.2, 0.25) is 0 Å². The molecule has 0 saturated carbocycles. The fourth-order valence-corrected chi connectivity index (χ4v) is 13.7. The number of nitrogens with zero attached hydrogens (tertiary/aromatic N) is 4. The zero-order valence-corrected chi connectivity index (χ0v) is 51.6. The molecule has 0 saturated heterocycles. The van der Waals surface area contributed by atoms with E-state index >= 15 is 0 Å². The van der Waals surface area contributed by atoms with Crippen molar-refractivity contribution < 1.29 is 0 Å². The van der Waals surface area contributed by atoms with Gasteiger partial charge in [-0.25, -0.2) is 0 Å². The first-order valence-corrected chi connectivity index (χ1v) is 32.2. The van der Waals surface area contributed by atoms with Crippen molar-refractivity contribution in [3.05, 3.63) is 376 Å². The van der Waals surface area contributed by atoms with Gasteiger partial charge in [-0.3, -0.25) is 0 Å². The summed E-state index contributed by atoms with van der Waals surface area (Å²) in [7, 11) is 0. The minimum atomic E-state index is 1.06. The summed E-state index contributed by atoms with van der Waals surface area (Å²) in [6.45, 7) is 0. The molecule has 17 aromatic rings. The van der Waals surface area contributed by atoms with Crippen molar-refractivity contribution in [2.45, 2.75) is 0 Å². The number of hydrogen-bond donors (Lipinski definition) is 0. The van der Waals surface area contributed by atoms with E-state index in [4.69, 9.17) is 0 Å². The minimum Gasteiger partial charge on any atom is -0.310 e. The Morgan fingerprint density at radius 3 is 0.723 bits per heavy atom. The Hall–Kier alpha value is -12.5. The summed E-state index contributed by atoms with van der Waals surface area (Å²) in [6.07, 6.45) is 0. The van der Waals surface area contributed by atoms with E-state index in [2.05, 4.69) is 395 Å². The monoisotopic (exact) mass is 1200 g/mol. The molecule has 0 aliphatic carbocycles. The molecule has 2 aromatic heterocycles. The predicted molar refractivity (Wildman–Crippen MR) is 397 cm³/mol. The zero-order chi connectivity index (χ0) is 62.3. The van der Waals surface area contributed by atoms with Gasteiger partial charge in [-0.1, -0.05) is 255 Å². The van der Waals surface area contributed by atoms with Gasteiger partial charge in [0.2, 0.25) is 0 Å². The van der Waals surface area contributed by atoms with Gasteiger partial charge in [0.1, 0.15) is 0 Å². The molecule has 4 nitrogen and oxygen atoms in total. The smallest absolute Gasteiger partial charge is 0.0542 e. The van der Waals surface area contributed by atoms with Gasteiger partial charge in [-0.2, -0.15) is 0 Å². The molecule has 17 rings (SSSR count). The maximum Gasteiger partial charge on any atom is 0.0542 e. The topological polar surface area (TPSA) is 16.3 Å². The van der Waals surface area contributed by atoms with Crippen LogP contribution in [0.3, 0.4) is 0 Å². The van der Waals surface area contributed by atoms with Crippen molar-refractivity contribution in [2.24, 2.45) is 0 Å². The van der Waals surface area contributed by atoms with Gasteiger partial charge < -0.3 is 18.9 Å². The quantitative estimate of drug-likeness (QED) is 0.108. The molecule has 0 aliphatic rings. The number of aromatic nitrogens is 2. The third kappa shape index (κ3) is 10.5. The highest BCUT2D eigenvalue weighted by Gasteiger charge is 2.22. The van der Waals surface area contributed by atoms with Gasteiger partial charge in [0.25, 0.3) is 0 Å². The first kappa shape index (κ1) is 55.6. The first-order valence-electron chi connectivity index (χ1n) is 32.2. The van der Waals surface area contributed by atoms with Crippen molar-refractivity contribution in [1.82, 2.24) is 9.13 Å². The lowest BCUT2D eigenvalue weighted by Crippen LogP contribution is -2.10. The number of fused-ring (bicyclic) bond motifs is 4. The Morgan fingerprint density at radius 2 is 0.404 bits per heavy atom. The lowest BCUT2D eigenvalue weighted by atomic mass is 10.0. The molecule has 0 N–H and O–H groups in total. The molecule has 0 bridgehead atoms. The Bertz CT molecular complexity index is 5180. The van der Waals surface area contributed by atoms with Crippen LogP contribution in [0.15, 0.2) is 376 Å². The van der Waals surface area contributed by atoms with Gasteiger partial charge in [0.05, 0.1) is 22.4 Å². The van der Waals surface area contributed by atoms with Crippen LogP contribution < -0.4 is 9.80 Å². The van der Waals surface area contributed by atoms with Gasteiger partial charge in [-0.05, 0) is 199 Å². The largest absolute Gasteiger partial charge is 0.310 e. The fourth-order valence-electron chi connectivity index (χ4n) is 13.7.